The summed E-state index contributed by atoms with van der Waals surface area (Å²) in [5, 5.41) is 17.7. The molecule has 40 heavy (non-hydrogen) atoms. The zero-order valence-electron chi connectivity index (χ0n) is 22.7. The van der Waals surface area contributed by atoms with Crippen molar-refractivity contribution >= 4 is 35.1 Å². The minimum Gasteiger partial charge on any atom is -0.494 e. The number of hydrogen-bond donors (Lipinski definition) is 3. The number of hydrogen-bond acceptors (Lipinski definition) is 7. The third-order valence-electron chi connectivity index (χ3n) is 7.66. The monoisotopic (exact) mass is 552 g/mol. The number of likely N-dealkylation sites (tertiary alicyclic amines) is 1. The second-order valence-corrected chi connectivity index (χ2v) is 10.3. The van der Waals surface area contributed by atoms with Gasteiger partial charge in [0.2, 0.25) is 11.8 Å². The SMILES string of the molecule is CN1CN(c2ccccc2)C2(CCN(CCCCOc3ccc4c(c3)NC(=O)CC4)CC2)C1=O.O=C(O)C(=O)O. The molecule has 0 aromatic heterocycles. The molecule has 0 atom stereocenters. The van der Waals surface area contributed by atoms with E-state index < -0.39 is 17.5 Å². The van der Waals surface area contributed by atoms with E-state index in [2.05, 4.69) is 27.2 Å². The maximum absolute atomic E-state index is 13.1. The largest absolute Gasteiger partial charge is 0.494 e. The van der Waals surface area contributed by atoms with E-state index in [9.17, 15) is 9.59 Å². The van der Waals surface area contributed by atoms with Crippen LogP contribution < -0.4 is 15.0 Å². The minimum absolute atomic E-state index is 0.0748. The highest BCUT2D eigenvalue weighted by Crippen LogP contribution is 2.39. The Balaban J connectivity index is 0.000000557. The van der Waals surface area contributed by atoms with Crippen LogP contribution in [0, 0.1) is 0 Å². The fourth-order valence-corrected chi connectivity index (χ4v) is 5.52. The van der Waals surface area contributed by atoms with Gasteiger partial charge in [-0.3, -0.25) is 9.59 Å². The molecule has 2 saturated heterocycles. The number of ether oxygens (including phenoxy) is 1. The van der Waals surface area contributed by atoms with Crippen molar-refractivity contribution in [3.05, 3.63) is 54.1 Å². The van der Waals surface area contributed by atoms with Crippen molar-refractivity contribution in [1.82, 2.24) is 9.80 Å². The van der Waals surface area contributed by atoms with Gasteiger partial charge < -0.3 is 35.0 Å². The number of piperidine rings is 1. The smallest absolute Gasteiger partial charge is 0.414 e. The summed E-state index contributed by atoms with van der Waals surface area (Å²) in [4.78, 5) is 49.6. The highest BCUT2D eigenvalue weighted by atomic mass is 16.5. The molecule has 3 aliphatic heterocycles. The third-order valence-corrected chi connectivity index (χ3v) is 7.66. The van der Waals surface area contributed by atoms with E-state index in [0.29, 0.717) is 19.7 Å². The zero-order chi connectivity index (χ0) is 28.7. The van der Waals surface area contributed by atoms with Crippen molar-refractivity contribution in [3.63, 3.8) is 0 Å². The number of amides is 2. The number of nitrogens with one attached hydrogen (secondary N) is 1. The molecular formula is C29H36N4O7. The second kappa shape index (κ2) is 12.8. The molecule has 3 heterocycles. The highest BCUT2D eigenvalue weighted by Gasteiger charge is 2.52. The number of carboxylic acid groups (broad SMARTS) is 2. The van der Waals surface area contributed by atoms with Crippen molar-refractivity contribution in [2.24, 2.45) is 0 Å². The standard InChI is InChI=1S/C27H34N4O3.C2H2O4/c1-29-20-31(22-7-3-2-4-8-22)27(26(29)33)13-16-30(17-14-27)15-5-6-18-34-23-11-9-21-10-12-25(32)28-24(21)19-23;3-1(4)2(5)6/h2-4,7-9,11,19H,5-6,10,12-18,20H2,1H3,(H,28,32);(H,3,4)(H,5,6). The van der Waals surface area contributed by atoms with Gasteiger partial charge in [-0.2, -0.15) is 0 Å². The fraction of sp³-hybridized carbons (Fsp3) is 0.448. The Hall–Kier alpha value is -4.12. The first-order valence-electron chi connectivity index (χ1n) is 13.5. The summed E-state index contributed by atoms with van der Waals surface area (Å²) < 4.78 is 5.94. The second-order valence-electron chi connectivity index (χ2n) is 10.3. The minimum atomic E-state index is -1.82. The molecule has 0 aliphatic carbocycles. The van der Waals surface area contributed by atoms with E-state index >= 15 is 0 Å². The number of aryl methyl sites for hydroxylation is 1. The van der Waals surface area contributed by atoms with Crippen LogP contribution in [0.15, 0.2) is 48.5 Å². The highest BCUT2D eigenvalue weighted by molar-refractivity contribution is 6.27. The molecule has 2 aromatic rings. The van der Waals surface area contributed by atoms with Crippen LogP contribution in [-0.2, 0) is 25.6 Å². The van der Waals surface area contributed by atoms with E-state index in [1.807, 2.05) is 48.3 Å². The number of carbonyl (C=O) groups excluding carboxylic acids is 2. The van der Waals surface area contributed by atoms with Crippen molar-refractivity contribution in [2.45, 2.75) is 44.1 Å². The van der Waals surface area contributed by atoms with E-state index in [-0.39, 0.29) is 11.8 Å². The van der Waals surface area contributed by atoms with Crippen LogP contribution in [0.3, 0.4) is 0 Å². The Morgan fingerprint density at radius 1 is 0.975 bits per heavy atom. The third kappa shape index (κ3) is 6.71. The zero-order valence-corrected chi connectivity index (χ0v) is 22.7. The summed E-state index contributed by atoms with van der Waals surface area (Å²) in [5.74, 6) is -2.51. The number of likely N-dealkylation sites (N-methyl/N-ethyl adjacent to an activating group) is 1. The number of rotatable bonds is 7. The Morgan fingerprint density at radius 3 is 2.35 bits per heavy atom. The molecule has 2 fully saturated rings. The maximum Gasteiger partial charge on any atom is 0.414 e. The Kier molecular flexibility index (Phi) is 9.26. The number of benzene rings is 2. The van der Waals surface area contributed by atoms with E-state index in [1.165, 1.54) is 5.56 Å². The average Bonchev–Trinajstić information content (AvgIpc) is 3.19. The van der Waals surface area contributed by atoms with Gasteiger partial charge in [-0.05, 0) is 62.4 Å². The van der Waals surface area contributed by atoms with Crippen molar-refractivity contribution in [3.8, 4) is 5.75 Å². The summed E-state index contributed by atoms with van der Waals surface area (Å²) in [6.45, 7) is 4.22. The first kappa shape index (κ1) is 28.9. The van der Waals surface area contributed by atoms with Gasteiger partial charge in [0.1, 0.15) is 11.3 Å². The molecule has 11 heteroatoms. The van der Waals surface area contributed by atoms with Gasteiger partial charge in [-0.25, -0.2) is 9.59 Å². The normalized spacial score (nSPS) is 18.0. The molecule has 0 radical (unpaired) electrons. The van der Waals surface area contributed by atoms with E-state index in [0.717, 1.165) is 68.9 Å². The van der Waals surface area contributed by atoms with Crippen LogP contribution in [-0.4, -0.2) is 89.3 Å². The molecule has 2 amide bonds. The molecule has 0 unspecified atom stereocenters. The Bertz CT molecular complexity index is 1220. The van der Waals surface area contributed by atoms with Gasteiger partial charge in [0.05, 0.1) is 13.3 Å². The number of nitrogens with zero attached hydrogens (tertiary/aromatic N) is 3. The van der Waals surface area contributed by atoms with Crippen LogP contribution in [0.2, 0.25) is 0 Å². The predicted octanol–water partition coefficient (Wildman–Crippen LogP) is 2.66. The number of aliphatic carboxylic acids is 2. The lowest BCUT2D eigenvalue weighted by Crippen LogP contribution is -2.56. The van der Waals surface area contributed by atoms with Gasteiger partial charge in [0.25, 0.3) is 0 Å². The molecule has 11 nitrogen and oxygen atoms in total. The molecule has 3 aliphatic rings. The summed E-state index contributed by atoms with van der Waals surface area (Å²) in [5.41, 5.74) is 2.78. The topological polar surface area (TPSA) is 140 Å². The summed E-state index contributed by atoms with van der Waals surface area (Å²) >= 11 is 0. The molecule has 0 saturated carbocycles. The van der Waals surface area contributed by atoms with Gasteiger partial charge in [-0.1, -0.05) is 24.3 Å². The molecule has 3 N–H and O–H groups in total. The van der Waals surface area contributed by atoms with E-state index in [1.54, 1.807) is 0 Å². The summed E-state index contributed by atoms with van der Waals surface area (Å²) in [7, 11) is 1.91. The van der Waals surface area contributed by atoms with Crippen molar-refractivity contribution < 1.29 is 34.1 Å². The first-order valence-corrected chi connectivity index (χ1v) is 13.5. The van der Waals surface area contributed by atoms with Gasteiger partial charge in [-0.15, -0.1) is 0 Å². The fourth-order valence-electron chi connectivity index (χ4n) is 5.52. The Labute approximate surface area is 233 Å². The van der Waals surface area contributed by atoms with Gasteiger partial charge in [0.15, 0.2) is 0 Å². The van der Waals surface area contributed by atoms with Crippen LogP contribution >= 0.6 is 0 Å². The predicted molar refractivity (Wildman–Crippen MR) is 148 cm³/mol. The van der Waals surface area contributed by atoms with Gasteiger partial charge >= 0.3 is 11.9 Å². The summed E-state index contributed by atoms with van der Waals surface area (Å²) in [6.07, 6.45) is 5.11. The van der Waals surface area contributed by atoms with Crippen LogP contribution in [0.4, 0.5) is 11.4 Å². The molecule has 214 valence electrons. The lowest BCUT2D eigenvalue weighted by Gasteiger charge is -2.43. The number of anilines is 2. The lowest BCUT2D eigenvalue weighted by atomic mass is 9.85. The van der Waals surface area contributed by atoms with E-state index in [4.69, 9.17) is 24.5 Å². The van der Waals surface area contributed by atoms with Crippen molar-refractivity contribution in [1.29, 1.82) is 0 Å². The van der Waals surface area contributed by atoms with Gasteiger partial charge in [0, 0.05) is 44.0 Å². The molecule has 1 spiro atoms. The number of carbonyl (C=O) groups is 4. The van der Waals surface area contributed by atoms with Crippen LogP contribution in [0.5, 0.6) is 5.75 Å². The number of para-hydroxylation sites is 1. The first-order chi connectivity index (χ1) is 19.2. The lowest BCUT2D eigenvalue weighted by molar-refractivity contribution is -0.159. The molecular weight excluding hydrogens is 516 g/mol. The number of carboxylic acids is 2. The van der Waals surface area contributed by atoms with Crippen molar-refractivity contribution in [2.75, 3.05) is 50.2 Å². The summed E-state index contributed by atoms with van der Waals surface area (Å²) in [6, 6.07) is 16.3. The Morgan fingerprint density at radius 2 is 1.68 bits per heavy atom. The molecule has 0 bridgehead atoms. The quantitative estimate of drug-likeness (QED) is 0.349. The maximum atomic E-state index is 13.1. The van der Waals surface area contributed by atoms with Crippen LogP contribution in [0.1, 0.15) is 37.7 Å². The number of fused-ring (bicyclic) bond motifs is 1. The molecule has 5 rings (SSSR count). The number of unbranched alkanes of at least 4 members (excludes halogenated alkanes) is 1. The average molecular weight is 553 g/mol. The van der Waals surface area contributed by atoms with Crippen LogP contribution in [0.25, 0.3) is 0 Å². The molecule has 2 aromatic carbocycles.